The van der Waals surface area contributed by atoms with Crippen molar-refractivity contribution in [2.75, 3.05) is 13.1 Å². The van der Waals surface area contributed by atoms with Crippen molar-refractivity contribution in [2.45, 2.75) is 63.6 Å². The summed E-state index contributed by atoms with van der Waals surface area (Å²) in [5.74, 6) is 0. The first-order valence-electron chi connectivity index (χ1n) is 6.73. The Morgan fingerprint density at radius 2 is 2.00 bits per heavy atom. The third-order valence-corrected chi connectivity index (χ3v) is 3.83. The quantitative estimate of drug-likeness (QED) is 0.744. The minimum absolute atomic E-state index is 0.0352. The van der Waals surface area contributed by atoms with Crippen molar-refractivity contribution in [1.82, 2.24) is 10.2 Å². The lowest BCUT2D eigenvalue weighted by Crippen LogP contribution is -2.44. The highest BCUT2D eigenvalue weighted by molar-refractivity contribution is 4.98. The molecule has 2 saturated carbocycles. The van der Waals surface area contributed by atoms with Gasteiger partial charge in [0.1, 0.15) is 6.04 Å². The van der Waals surface area contributed by atoms with E-state index in [0.717, 1.165) is 19.1 Å². The van der Waals surface area contributed by atoms with Crippen LogP contribution in [-0.2, 0) is 0 Å². The van der Waals surface area contributed by atoms with Crippen molar-refractivity contribution < 1.29 is 0 Å². The normalized spacial score (nSPS) is 23.6. The molecule has 2 aliphatic rings. The lowest BCUT2D eigenvalue weighted by Gasteiger charge is -2.29. The number of hydrogen-bond donors (Lipinski definition) is 1. The predicted molar refractivity (Wildman–Crippen MR) is 65.1 cm³/mol. The second-order valence-electron chi connectivity index (χ2n) is 5.15. The van der Waals surface area contributed by atoms with Crippen molar-refractivity contribution in [3.8, 4) is 6.07 Å². The highest BCUT2D eigenvalue weighted by Gasteiger charge is 2.28. The average Bonchev–Trinajstić information content (AvgIpc) is 2.95. The van der Waals surface area contributed by atoms with Crippen LogP contribution in [0.25, 0.3) is 0 Å². The third kappa shape index (κ3) is 3.20. The van der Waals surface area contributed by atoms with E-state index >= 15 is 0 Å². The summed E-state index contributed by atoms with van der Waals surface area (Å²) < 4.78 is 0. The lowest BCUT2D eigenvalue weighted by molar-refractivity contribution is 0.197. The molecular formula is C13H23N3. The molecule has 3 nitrogen and oxygen atoms in total. The van der Waals surface area contributed by atoms with Crippen LogP contribution in [0.2, 0.25) is 0 Å². The molecule has 0 bridgehead atoms. The standard InChI is InChI=1S/C13H23N3/c1-2-16(13-5-3-4-6-13)10-12(9-14)15-11-7-8-11/h11-13,15H,2-8,10H2,1H3. The highest BCUT2D eigenvalue weighted by atomic mass is 15.2. The van der Waals surface area contributed by atoms with Crippen LogP contribution in [0.4, 0.5) is 0 Å². The molecule has 0 aromatic carbocycles. The Kier molecular flexibility index (Phi) is 4.20. The van der Waals surface area contributed by atoms with E-state index in [0.29, 0.717) is 6.04 Å². The van der Waals surface area contributed by atoms with Gasteiger partial charge in [0, 0.05) is 18.6 Å². The molecule has 0 saturated heterocycles. The van der Waals surface area contributed by atoms with Gasteiger partial charge in [-0.2, -0.15) is 5.26 Å². The predicted octanol–water partition coefficient (Wildman–Crippen LogP) is 1.90. The fourth-order valence-corrected chi connectivity index (χ4v) is 2.71. The summed E-state index contributed by atoms with van der Waals surface area (Å²) in [5.41, 5.74) is 0. The second-order valence-corrected chi connectivity index (χ2v) is 5.15. The molecule has 3 heteroatoms. The average molecular weight is 221 g/mol. The van der Waals surface area contributed by atoms with E-state index in [1.807, 2.05) is 0 Å². The maximum absolute atomic E-state index is 9.15. The van der Waals surface area contributed by atoms with E-state index in [9.17, 15) is 0 Å². The van der Waals surface area contributed by atoms with Crippen molar-refractivity contribution in [2.24, 2.45) is 0 Å². The van der Waals surface area contributed by atoms with Gasteiger partial charge in [-0.3, -0.25) is 10.2 Å². The van der Waals surface area contributed by atoms with Crippen molar-refractivity contribution in [1.29, 1.82) is 5.26 Å². The molecule has 1 atom stereocenters. The first kappa shape index (κ1) is 11.9. The summed E-state index contributed by atoms with van der Waals surface area (Å²) >= 11 is 0. The van der Waals surface area contributed by atoms with Crippen LogP contribution < -0.4 is 5.32 Å². The van der Waals surface area contributed by atoms with Crippen molar-refractivity contribution >= 4 is 0 Å². The van der Waals surface area contributed by atoms with E-state index in [-0.39, 0.29) is 6.04 Å². The Balaban J connectivity index is 1.80. The molecule has 2 fully saturated rings. The smallest absolute Gasteiger partial charge is 0.108 e. The summed E-state index contributed by atoms with van der Waals surface area (Å²) in [6.07, 6.45) is 7.91. The number of nitriles is 1. The summed E-state index contributed by atoms with van der Waals surface area (Å²) in [6, 6.07) is 3.81. The lowest BCUT2D eigenvalue weighted by atomic mass is 10.2. The number of likely N-dealkylation sites (N-methyl/N-ethyl adjacent to an activating group) is 1. The molecule has 0 aliphatic heterocycles. The maximum atomic E-state index is 9.15. The van der Waals surface area contributed by atoms with Crippen LogP contribution >= 0.6 is 0 Å². The molecule has 16 heavy (non-hydrogen) atoms. The van der Waals surface area contributed by atoms with Crippen LogP contribution in [0.15, 0.2) is 0 Å². The molecule has 90 valence electrons. The van der Waals surface area contributed by atoms with Gasteiger partial charge < -0.3 is 0 Å². The molecule has 1 unspecified atom stereocenters. The Labute approximate surface area is 98.8 Å². The number of nitrogens with one attached hydrogen (secondary N) is 1. The van der Waals surface area contributed by atoms with Gasteiger partial charge in [-0.1, -0.05) is 19.8 Å². The van der Waals surface area contributed by atoms with E-state index in [1.54, 1.807) is 0 Å². The zero-order chi connectivity index (χ0) is 11.4. The fraction of sp³-hybridized carbons (Fsp3) is 0.923. The second kappa shape index (κ2) is 5.65. The first-order chi connectivity index (χ1) is 7.83. The topological polar surface area (TPSA) is 39.1 Å². The molecule has 0 aromatic heterocycles. The zero-order valence-corrected chi connectivity index (χ0v) is 10.3. The van der Waals surface area contributed by atoms with Crippen LogP contribution in [-0.4, -0.2) is 36.1 Å². The number of hydrogen-bond acceptors (Lipinski definition) is 3. The van der Waals surface area contributed by atoms with Gasteiger partial charge in [-0.25, -0.2) is 0 Å². The van der Waals surface area contributed by atoms with E-state index < -0.39 is 0 Å². The van der Waals surface area contributed by atoms with Gasteiger partial charge >= 0.3 is 0 Å². The van der Waals surface area contributed by atoms with Crippen molar-refractivity contribution in [3.63, 3.8) is 0 Å². The van der Waals surface area contributed by atoms with Crippen LogP contribution in [0.3, 0.4) is 0 Å². The minimum Gasteiger partial charge on any atom is -0.298 e. The summed E-state index contributed by atoms with van der Waals surface area (Å²) in [7, 11) is 0. The van der Waals surface area contributed by atoms with Crippen LogP contribution in [0.5, 0.6) is 0 Å². The zero-order valence-electron chi connectivity index (χ0n) is 10.3. The van der Waals surface area contributed by atoms with Gasteiger partial charge in [0.15, 0.2) is 0 Å². The van der Waals surface area contributed by atoms with Gasteiger partial charge in [0.2, 0.25) is 0 Å². The summed E-state index contributed by atoms with van der Waals surface area (Å²) in [6.45, 7) is 4.20. The molecule has 2 aliphatic carbocycles. The third-order valence-electron chi connectivity index (χ3n) is 3.83. The fourth-order valence-electron chi connectivity index (χ4n) is 2.71. The van der Waals surface area contributed by atoms with Gasteiger partial charge in [0.25, 0.3) is 0 Å². The van der Waals surface area contributed by atoms with Gasteiger partial charge in [-0.05, 0) is 32.2 Å². The van der Waals surface area contributed by atoms with E-state index in [2.05, 4.69) is 23.2 Å². The Morgan fingerprint density at radius 3 is 2.50 bits per heavy atom. The molecule has 0 spiro atoms. The molecule has 0 amide bonds. The van der Waals surface area contributed by atoms with Crippen LogP contribution in [0, 0.1) is 11.3 Å². The monoisotopic (exact) mass is 221 g/mol. The molecule has 2 rings (SSSR count). The Morgan fingerprint density at radius 1 is 1.31 bits per heavy atom. The maximum Gasteiger partial charge on any atom is 0.108 e. The SMILES string of the molecule is CCN(CC(C#N)NC1CC1)C1CCCC1. The van der Waals surface area contributed by atoms with Crippen molar-refractivity contribution in [3.05, 3.63) is 0 Å². The highest BCUT2D eigenvalue weighted by Crippen LogP contribution is 2.24. The van der Waals surface area contributed by atoms with Gasteiger partial charge in [0.05, 0.1) is 6.07 Å². The molecule has 0 aromatic rings. The van der Waals surface area contributed by atoms with E-state index in [4.69, 9.17) is 5.26 Å². The number of nitrogens with zero attached hydrogens (tertiary/aromatic N) is 2. The first-order valence-corrected chi connectivity index (χ1v) is 6.73. The summed E-state index contributed by atoms with van der Waals surface area (Å²) in [4.78, 5) is 2.50. The summed E-state index contributed by atoms with van der Waals surface area (Å²) in [5, 5.41) is 12.6. The number of rotatable bonds is 6. The Bertz CT molecular complexity index is 248. The Hall–Kier alpha value is -0.590. The van der Waals surface area contributed by atoms with Crippen LogP contribution in [0.1, 0.15) is 45.4 Å². The molecule has 0 radical (unpaired) electrons. The molecule has 1 N–H and O–H groups in total. The van der Waals surface area contributed by atoms with E-state index in [1.165, 1.54) is 38.5 Å². The minimum atomic E-state index is 0.0352. The molecular weight excluding hydrogens is 198 g/mol. The van der Waals surface area contributed by atoms with Gasteiger partial charge in [-0.15, -0.1) is 0 Å². The molecule has 0 heterocycles. The largest absolute Gasteiger partial charge is 0.298 e.